The zero-order chi connectivity index (χ0) is 14.3. The summed E-state index contributed by atoms with van der Waals surface area (Å²) in [7, 11) is 0. The second kappa shape index (κ2) is 4.85. The molecule has 1 aromatic carbocycles. The molecular weight excluding hydrogens is 255 g/mol. The summed E-state index contributed by atoms with van der Waals surface area (Å²) >= 11 is 0. The predicted molar refractivity (Wildman–Crippen MR) is 75.2 cm³/mol. The Morgan fingerprint density at radius 3 is 2.95 bits per heavy atom. The van der Waals surface area contributed by atoms with Crippen molar-refractivity contribution in [1.29, 1.82) is 0 Å². The molecule has 2 aliphatic heterocycles. The molecule has 2 heterocycles. The van der Waals surface area contributed by atoms with Crippen LogP contribution in [-0.2, 0) is 4.79 Å². The summed E-state index contributed by atoms with van der Waals surface area (Å²) in [5.41, 5.74) is 0.627. The van der Waals surface area contributed by atoms with Crippen LogP contribution in [0.25, 0.3) is 0 Å². The van der Waals surface area contributed by atoms with Crippen LogP contribution in [0.4, 0.5) is 4.39 Å². The number of hydrazine groups is 1. The lowest BCUT2D eigenvalue weighted by Gasteiger charge is -2.26. The van der Waals surface area contributed by atoms with Crippen LogP contribution in [0.1, 0.15) is 44.7 Å². The fourth-order valence-corrected chi connectivity index (χ4v) is 3.63. The van der Waals surface area contributed by atoms with E-state index in [-0.39, 0.29) is 23.2 Å². The van der Waals surface area contributed by atoms with Gasteiger partial charge in [-0.25, -0.2) is 9.40 Å². The van der Waals surface area contributed by atoms with Crippen molar-refractivity contribution in [3.63, 3.8) is 0 Å². The first-order chi connectivity index (χ1) is 9.55. The number of halogens is 1. The predicted octanol–water partition coefficient (Wildman–Crippen LogP) is 3.14. The molecule has 2 fully saturated rings. The quantitative estimate of drug-likeness (QED) is 0.846. The van der Waals surface area contributed by atoms with Gasteiger partial charge in [0.25, 0.3) is 0 Å². The Morgan fingerprint density at radius 1 is 1.45 bits per heavy atom. The zero-order valence-corrected chi connectivity index (χ0v) is 12.1. The van der Waals surface area contributed by atoms with Crippen LogP contribution in [-0.4, -0.2) is 29.0 Å². The molecule has 2 saturated heterocycles. The standard InChI is InChI=1S/C16H21FN2O/c1-3-8-16(2)11-18-9-7-14(19(18)15(16)20)12-5-4-6-13(17)10-12/h4-6,10,14H,3,7-9,11H2,1-2H3/t14-,16-/m1/s1. The van der Waals surface area contributed by atoms with Gasteiger partial charge < -0.3 is 0 Å². The lowest BCUT2D eigenvalue weighted by atomic mass is 9.85. The summed E-state index contributed by atoms with van der Waals surface area (Å²) in [6, 6.07) is 6.64. The normalized spacial score (nSPS) is 30.1. The fraction of sp³-hybridized carbons (Fsp3) is 0.562. The first-order valence-electron chi connectivity index (χ1n) is 7.39. The van der Waals surface area contributed by atoms with Crippen LogP contribution in [0.5, 0.6) is 0 Å². The maximum absolute atomic E-state index is 13.4. The number of fused-ring (bicyclic) bond motifs is 1. The van der Waals surface area contributed by atoms with Crippen molar-refractivity contribution in [3.05, 3.63) is 35.6 Å². The molecular formula is C16H21FN2O. The molecule has 0 radical (unpaired) electrons. The molecule has 0 spiro atoms. The molecule has 0 N–H and O–H groups in total. The Morgan fingerprint density at radius 2 is 2.25 bits per heavy atom. The van der Waals surface area contributed by atoms with Gasteiger partial charge in [-0.05, 0) is 37.5 Å². The lowest BCUT2D eigenvalue weighted by molar-refractivity contribution is -0.142. The molecule has 3 rings (SSSR count). The summed E-state index contributed by atoms with van der Waals surface area (Å²) in [6.07, 6.45) is 2.81. The molecule has 2 aliphatic rings. The molecule has 20 heavy (non-hydrogen) atoms. The Labute approximate surface area is 119 Å². The third-order valence-electron chi connectivity index (χ3n) is 4.55. The zero-order valence-electron chi connectivity index (χ0n) is 12.1. The topological polar surface area (TPSA) is 23.6 Å². The van der Waals surface area contributed by atoms with E-state index in [2.05, 4.69) is 18.9 Å². The van der Waals surface area contributed by atoms with Gasteiger partial charge in [0.1, 0.15) is 5.82 Å². The van der Waals surface area contributed by atoms with E-state index < -0.39 is 0 Å². The molecule has 4 heteroatoms. The number of benzene rings is 1. The third kappa shape index (κ3) is 2.03. The van der Waals surface area contributed by atoms with Crippen molar-refractivity contribution in [3.8, 4) is 0 Å². The van der Waals surface area contributed by atoms with Crippen molar-refractivity contribution in [2.24, 2.45) is 5.41 Å². The van der Waals surface area contributed by atoms with Crippen molar-refractivity contribution < 1.29 is 9.18 Å². The first-order valence-corrected chi connectivity index (χ1v) is 7.39. The highest BCUT2D eigenvalue weighted by Gasteiger charge is 2.52. The van der Waals surface area contributed by atoms with Crippen LogP contribution in [0, 0.1) is 11.2 Å². The first kappa shape index (κ1) is 13.6. The van der Waals surface area contributed by atoms with E-state index in [0.717, 1.165) is 37.9 Å². The monoisotopic (exact) mass is 276 g/mol. The van der Waals surface area contributed by atoms with Gasteiger partial charge in [0.05, 0.1) is 11.5 Å². The second-order valence-electron chi connectivity index (χ2n) is 6.21. The van der Waals surface area contributed by atoms with Crippen molar-refractivity contribution in [1.82, 2.24) is 10.0 Å². The van der Waals surface area contributed by atoms with Gasteiger partial charge in [0, 0.05) is 13.1 Å². The maximum Gasteiger partial charge on any atom is 0.244 e. The van der Waals surface area contributed by atoms with E-state index in [4.69, 9.17) is 0 Å². The maximum atomic E-state index is 13.4. The third-order valence-corrected chi connectivity index (χ3v) is 4.55. The number of carbonyl (C=O) groups is 1. The van der Waals surface area contributed by atoms with E-state index in [1.165, 1.54) is 6.07 Å². The number of hydrogen-bond donors (Lipinski definition) is 0. The molecule has 0 bridgehead atoms. The SMILES string of the molecule is CCC[C@]1(C)CN2CC[C@H](c3cccc(F)c3)N2C1=O. The number of rotatable bonds is 3. The summed E-state index contributed by atoms with van der Waals surface area (Å²) < 4.78 is 13.4. The molecule has 0 aliphatic carbocycles. The van der Waals surface area contributed by atoms with Crippen LogP contribution in [0.3, 0.4) is 0 Å². The van der Waals surface area contributed by atoms with Crippen molar-refractivity contribution in [2.45, 2.75) is 39.2 Å². The van der Waals surface area contributed by atoms with Crippen molar-refractivity contribution in [2.75, 3.05) is 13.1 Å². The summed E-state index contributed by atoms with van der Waals surface area (Å²) in [6.45, 7) is 5.85. The van der Waals surface area contributed by atoms with Crippen LogP contribution in [0.2, 0.25) is 0 Å². The second-order valence-corrected chi connectivity index (χ2v) is 6.21. The fourth-order valence-electron chi connectivity index (χ4n) is 3.63. The van der Waals surface area contributed by atoms with Gasteiger partial charge in [-0.2, -0.15) is 0 Å². The minimum absolute atomic E-state index is 0.00289. The Balaban J connectivity index is 1.89. The Bertz CT molecular complexity index is 533. The molecule has 1 amide bonds. The van der Waals surface area contributed by atoms with Crippen LogP contribution in [0.15, 0.2) is 24.3 Å². The highest BCUT2D eigenvalue weighted by molar-refractivity contribution is 5.84. The van der Waals surface area contributed by atoms with Crippen LogP contribution < -0.4 is 0 Å². The molecule has 1 aromatic rings. The average Bonchev–Trinajstić information content (AvgIpc) is 2.90. The largest absolute Gasteiger partial charge is 0.273 e. The van der Waals surface area contributed by atoms with E-state index in [0.29, 0.717) is 0 Å². The van der Waals surface area contributed by atoms with Gasteiger partial charge in [0.15, 0.2) is 0 Å². The van der Waals surface area contributed by atoms with E-state index in [1.807, 2.05) is 11.1 Å². The molecule has 3 nitrogen and oxygen atoms in total. The molecule has 108 valence electrons. The number of hydrogen-bond acceptors (Lipinski definition) is 2. The summed E-state index contributed by atoms with van der Waals surface area (Å²) in [4.78, 5) is 12.8. The van der Waals surface area contributed by atoms with Gasteiger partial charge in [-0.15, -0.1) is 0 Å². The van der Waals surface area contributed by atoms with E-state index >= 15 is 0 Å². The van der Waals surface area contributed by atoms with Gasteiger partial charge in [-0.1, -0.05) is 25.5 Å². The van der Waals surface area contributed by atoms with Gasteiger partial charge in [0.2, 0.25) is 5.91 Å². The highest BCUT2D eigenvalue weighted by Crippen LogP contribution is 2.44. The summed E-state index contributed by atoms with van der Waals surface area (Å²) in [5, 5.41) is 4.03. The molecule has 0 aromatic heterocycles. The number of amides is 1. The minimum Gasteiger partial charge on any atom is -0.273 e. The smallest absolute Gasteiger partial charge is 0.244 e. The number of nitrogens with zero attached hydrogens (tertiary/aromatic N) is 2. The van der Waals surface area contributed by atoms with E-state index in [1.54, 1.807) is 12.1 Å². The average molecular weight is 276 g/mol. The van der Waals surface area contributed by atoms with E-state index in [9.17, 15) is 9.18 Å². The Kier molecular flexibility index (Phi) is 3.28. The summed E-state index contributed by atoms with van der Waals surface area (Å²) in [5.74, 6) is -0.0324. The van der Waals surface area contributed by atoms with Gasteiger partial charge >= 0.3 is 0 Å². The Hall–Kier alpha value is -1.42. The lowest BCUT2D eigenvalue weighted by Crippen LogP contribution is -2.36. The van der Waals surface area contributed by atoms with Crippen LogP contribution >= 0.6 is 0 Å². The van der Waals surface area contributed by atoms with Gasteiger partial charge in [-0.3, -0.25) is 9.80 Å². The van der Waals surface area contributed by atoms with Crippen molar-refractivity contribution >= 4 is 5.91 Å². The minimum atomic E-state index is -0.277. The molecule has 0 saturated carbocycles. The highest BCUT2D eigenvalue weighted by atomic mass is 19.1. The molecule has 0 unspecified atom stereocenters. The number of carbonyl (C=O) groups excluding carboxylic acids is 1. The molecule has 2 atom stereocenters.